The highest BCUT2D eigenvalue weighted by atomic mass is 32.2. The SMILES string of the molecule is CCN1C(=O)C(=C2Sc3ccccc3N2C)SC1=Nc1cccc(C(C)=O)c1. The zero-order valence-electron chi connectivity index (χ0n) is 15.8. The van der Waals surface area contributed by atoms with Crippen molar-refractivity contribution in [3.8, 4) is 0 Å². The lowest BCUT2D eigenvalue weighted by atomic mass is 10.1. The molecular weight excluding hydrogens is 390 g/mol. The van der Waals surface area contributed by atoms with Gasteiger partial charge in [0.25, 0.3) is 5.91 Å². The van der Waals surface area contributed by atoms with E-state index < -0.39 is 0 Å². The minimum atomic E-state index is -0.0314. The van der Waals surface area contributed by atoms with Crippen LogP contribution in [0.3, 0.4) is 0 Å². The van der Waals surface area contributed by atoms with Gasteiger partial charge in [0.05, 0.1) is 16.4 Å². The first-order valence-electron chi connectivity index (χ1n) is 8.94. The highest BCUT2D eigenvalue weighted by Gasteiger charge is 2.38. The zero-order valence-corrected chi connectivity index (χ0v) is 17.4. The van der Waals surface area contributed by atoms with Gasteiger partial charge in [-0.05, 0) is 49.9 Å². The number of benzene rings is 2. The summed E-state index contributed by atoms with van der Waals surface area (Å²) >= 11 is 3.00. The predicted octanol–water partition coefficient (Wildman–Crippen LogP) is 4.88. The number of carbonyl (C=O) groups is 2. The lowest BCUT2D eigenvalue weighted by Crippen LogP contribution is -2.29. The molecule has 4 rings (SSSR count). The largest absolute Gasteiger partial charge is 0.337 e. The van der Waals surface area contributed by atoms with Crippen LogP contribution in [0.5, 0.6) is 0 Å². The maximum atomic E-state index is 13.1. The first-order valence-corrected chi connectivity index (χ1v) is 10.6. The quantitative estimate of drug-likeness (QED) is 0.534. The molecule has 2 aliphatic rings. The Bertz CT molecular complexity index is 1050. The number of hydrogen-bond acceptors (Lipinski definition) is 6. The van der Waals surface area contributed by atoms with E-state index in [-0.39, 0.29) is 11.7 Å². The molecule has 0 unspecified atom stereocenters. The summed E-state index contributed by atoms with van der Waals surface area (Å²) in [4.78, 5) is 35.0. The van der Waals surface area contributed by atoms with Gasteiger partial charge >= 0.3 is 0 Å². The number of hydrogen-bond donors (Lipinski definition) is 0. The monoisotopic (exact) mass is 409 g/mol. The summed E-state index contributed by atoms with van der Waals surface area (Å²) in [5, 5.41) is 1.57. The van der Waals surface area contributed by atoms with Crippen molar-refractivity contribution in [1.29, 1.82) is 0 Å². The van der Waals surface area contributed by atoms with Crippen LogP contribution in [-0.2, 0) is 4.79 Å². The van der Waals surface area contributed by atoms with Crippen LogP contribution in [0, 0.1) is 0 Å². The van der Waals surface area contributed by atoms with Gasteiger partial charge in [0.15, 0.2) is 11.0 Å². The number of ketones is 1. The third-order valence-electron chi connectivity index (χ3n) is 4.59. The van der Waals surface area contributed by atoms with Crippen LogP contribution in [-0.4, -0.2) is 35.4 Å². The van der Waals surface area contributed by atoms with Crippen LogP contribution in [0.15, 0.2) is 68.4 Å². The second-order valence-electron chi connectivity index (χ2n) is 6.42. The minimum absolute atomic E-state index is 0.00546. The number of amides is 1. The average Bonchev–Trinajstić information content (AvgIpc) is 3.18. The van der Waals surface area contributed by atoms with E-state index in [1.165, 1.54) is 18.7 Å². The maximum Gasteiger partial charge on any atom is 0.269 e. The summed E-state index contributed by atoms with van der Waals surface area (Å²) in [6, 6.07) is 15.3. The molecule has 0 saturated carbocycles. The molecule has 2 aliphatic heterocycles. The molecule has 0 N–H and O–H groups in total. The summed E-state index contributed by atoms with van der Waals surface area (Å²) in [5.74, 6) is -0.0368. The van der Waals surface area contributed by atoms with Crippen molar-refractivity contribution >= 4 is 51.8 Å². The van der Waals surface area contributed by atoms with Crippen LogP contribution in [0.1, 0.15) is 24.2 Å². The molecular formula is C21H19N3O2S2. The number of rotatable bonds is 3. The molecule has 2 aromatic rings. The van der Waals surface area contributed by atoms with Gasteiger partial charge in [-0.25, -0.2) is 4.99 Å². The van der Waals surface area contributed by atoms with E-state index in [9.17, 15) is 9.59 Å². The van der Waals surface area contributed by atoms with Crippen LogP contribution >= 0.6 is 23.5 Å². The molecule has 5 nitrogen and oxygen atoms in total. The van der Waals surface area contributed by atoms with E-state index in [0.29, 0.717) is 27.9 Å². The van der Waals surface area contributed by atoms with E-state index in [4.69, 9.17) is 0 Å². The standard InChI is InChI=1S/C21H19N3O2S2/c1-4-24-19(26)18(20-23(3)16-10-5-6-11-17(16)27-20)28-21(24)22-15-9-7-8-14(12-15)13(2)25/h5-12H,4H2,1-3H3. The fourth-order valence-electron chi connectivity index (χ4n) is 3.10. The van der Waals surface area contributed by atoms with E-state index in [1.54, 1.807) is 28.8 Å². The first-order chi connectivity index (χ1) is 13.5. The Kier molecular flexibility index (Phi) is 5.03. The molecule has 2 aromatic carbocycles. The molecule has 0 aromatic heterocycles. The molecule has 2 heterocycles. The molecule has 28 heavy (non-hydrogen) atoms. The van der Waals surface area contributed by atoms with Gasteiger partial charge in [0, 0.05) is 24.1 Å². The van der Waals surface area contributed by atoms with Gasteiger partial charge in [-0.3, -0.25) is 14.5 Å². The molecule has 0 atom stereocenters. The van der Waals surface area contributed by atoms with Crippen LogP contribution in [0.25, 0.3) is 0 Å². The normalized spacial score (nSPS) is 20.2. The van der Waals surface area contributed by atoms with Crippen molar-refractivity contribution in [2.75, 3.05) is 18.5 Å². The van der Waals surface area contributed by atoms with Crippen molar-refractivity contribution in [2.24, 2.45) is 4.99 Å². The fourth-order valence-corrected chi connectivity index (χ4v) is 5.51. The number of fused-ring (bicyclic) bond motifs is 1. The molecule has 0 aliphatic carbocycles. The molecule has 0 spiro atoms. The van der Waals surface area contributed by atoms with Crippen molar-refractivity contribution in [3.63, 3.8) is 0 Å². The summed E-state index contributed by atoms with van der Waals surface area (Å²) in [5.41, 5.74) is 2.38. The molecule has 142 valence electrons. The third-order valence-corrected chi connectivity index (χ3v) is 7.02. The number of Topliss-reactive ketones (excluding diaryl/α,β-unsaturated/α-hetero) is 1. The Morgan fingerprint density at radius 2 is 1.89 bits per heavy atom. The summed E-state index contributed by atoms with van der Waals surface area (Å²) in [6.45, 7) is 4.01. The van der Waals surface area contributed by atoms with Crippen LogP contribution in [0.2, 0.25) is 0 Å². The molecule has 1 fully saturated rings. The minimum Gasteiger partial charge on any atom is -0.337 e. The van der Waals surface area contributed by atoms with Gasteiger partial charge in [-0.1, -0.05) is 36.0 Å². The number of nitrogens with zero attached hydrogens (tertiary/aromatic N) is 3. The molecule has 7 heteroatoms. The van der Waals surface area contributed by atoms with Gasteiger partial charge in [0.1, 0.15) is 4.91 Å². The fraction of sp³-hybridized carbons (Fsp3) is 0.190. The average molecular weight is 410 g/mol. The zero-order chi connectivity index (χ0) is 19.8. The maximum absolute atomic E-state index is 13.1. The smallest absolute Gasteiger partial charge is 0.269 e. The first kappa shape index (κ1) is 18.8. The highest BCUT2D eigenvalue weighted by molar-refractivity contribution is 8.19. The Morgan fingerprint density at radius 3 is 2.61 bits per heavy atom. The van der Waals surface area contributed by atoms with Crippen LogP contribution < -0.4 is 4.90 Å². The lowest BCUT2D eigenvalue weighted by molar-refractivity contribution is -0.122. The van der Waals surface area contributed by atoms with Crippen molar-refractivity contribution in [1.82, 2.24) is 4.90 Å². The molecule has 0 bridgehead atoms. The van der Waals surface area contributed by atoms with Crippen molar-refractivity contribution in [2.45, 2.75) is 18.7 Å². The highest BCUT2D eigenvalue weighted by Crippen LogP contribution is 2.49. The molecule has 1 amide bonds. The van der Waals surface area contributed by atoms with Gasteiger partial charge in [0.2, 0.25) is 0 Å². The Balaban J connectivity index is 1.72. The molecule has 0 radical (unpaired) electrons. The Hall–Kier alpha value is -2.51. The molecule has 1 saturated heterocycles. The second kappa shape index (κ2) is 7.48. The summed E-state index contributed by atoms with van der Waals surface area (Å²) in [6.07, 6.45) is 0. The summed E-state index contributed by atoms with van der Waals surface area (Å²) < 4.78 is 0. The van der Waals surface area contributed by atoms with Crippen LogP contribution in [0.4, 0.5) is 11.4 Å². The summed E-state index contributed by atoms with van der Waals surface area (Å²) in [7, 11) is 1.98. The van der Waals surface area contributed by atoms with Gasteiger partial charge in [-0.2, -0.15) is 0 Å². The Labute approximate surface area is 172 Å². The number of aliphatic imine (C=N–C) groups is 1. The van der Waals surface area contributed by atoms with E-state index in [1.807, 2.05) is 38.2 Å². The van der Waals surface area contributed by atoms with Crippen molar-refractivity contribution in [3.05, 3.63) is 64.0 Å². The van der Waals surface area contributed by atoms with E-state index >= 15 is 0 Å². The third kappa shape index (κ3) is 3.25. The number of carbonyl (C=O) groups excluding carboxylic acids is 2. The Morgan fingerprint density at radius 1 is 1.11 bits per heavy atom. The number of anilines is 1. The van der Waals surface area contributed by atoms with Gasteiger partial charge < -0.3 is 4.90 Å². The van der Waals surface area contributed by atoms with E-state index in [2.05, 4.69) is 22.0 Å². The topological polar surface area (TPSA) is 53.0 Å². The number of likely N-dealkylation sites (N-methyl/N-ethyl adjacent to an activating group) is 1. The number of amidine groups is 1. The second-order valence-corrected chi connectivity index (χ2v) is 8.42. The number of thioether (sulfide) groups is 2. The lowest BCUT2D eigenvalue weighted by Gasteiger charge is -2.15. The van der Waals surface area contributed by atoms with E-state index in [0.717, 1.165) is 15.6 Å². The predicted molar refractivity (Wildman–Crippen MR) is 116 cm³/mol. The van der Waals surface area contributed by atoms with Gasteiger partial charge in [-0.15, -0.1) is 0 Å². The van der Waals surface area contributed by atoms with Crippen molar-refractivity contribution < 1.29 is 9.59 Å². The number of para-hydroxylation sites is 1.